The van der Waals surface area contributed by atoms with Crippen molar-refractivity contribution in [3.63, 3.8) is 0 Å². The third-order valence-corrected chi connectivity index (χ3v) is 5.36. The van der Waals surface area contributed by atoms with Crippen molar-refractivity contribution >= 4 is 11.3 Å². The van der Waals surface area contributed by atoms with Gasteiger partial charge in [-0.1, -0.05) is 12.5 Å². The molecule has 4 nitrogen and oxygen atoms in total. The van der Waals surface area contributed by atoms with Crippen molar-refractivity contribution in [1.82, 2.24) is 19.8 Å². The molecule has 0 N–H and O–H groups in total. The molecule has 0 radical (unpaired) electrons. The highest BCUT2D eigenvalue weighted by atomic mass is 32.1. The summed E-state index contributed by atoms with van der Waals surface area (Å²) in [6, 6.07) is 4.81. The van der Waals surface area contributed by atoms with Crippen molar-refractivity contribution in [3.8, 4) is 10.7 Å². The van der Waals surface area contributed by atoms with Gasteiger partial charge in [0.15, 0.2) is 5.82 Å². The van der Waals surface area contributed by atoms with Gasteiger partial charge in [0.1, 0.15) is 0 Å². The predicted molar refractivity (Wildman–Crippen MR) is 96.6 cm³/mol. The van der Waals surface area contributed by atoms with Gasteiger partial charge in [-0.3, -0.25) is 4.90 Å². The van der Waals surface area contributed by atoms with Crippen LogP contribution in [0, 0.1) is 0 Å². The van der Waals surface area contributed by atoms with Gasteiger partial charge in [0.2, 0.25) is 0 Å². The van der Waals surface area contributed by atoms with Crippen molar-refractivity contribution in [2.24, 2.45) is 0 Å². The molecule has 1 fully saturated rings. The van der Waals surface area contributed by atoms with Crippen LogP contribution in [0.1, 0.15) is 31.2 Å². The van der Waals surface area contributed by atoms with E-state index >= 15 is 0 Å². The molecular weight excluding hydrogens is 304 g/mol. The molecule has 124 valence electrons. The second-order valence-corrected chi connectivity index (χ2v) is 7.55. The zero-order valence-corrected chi connectivity index (χ0v) is 14.9. The maximum atomic E-state index is 4.55. The van der Waals surface area contributed by atoms with E-state index in [2.05, 4.69) is 45.3 Å². The van der Waals surface area contributed by atoms with Crippen LogP contribution in [0.4, 0.5) is 0 Å². The maximum absolute atomic E-state index is 4.55. The second-order valence-electron chi connectivity index (χ2n) is 6.60. The first-order valence-electron chi connectivity index (χ1n) is 8.46. The molecule has 5 heteroatoms. The molecule has 0 saturated carbocycles. The molecule has 1 atom stereocenters. The van der Waals surface area contributed by atoms with Crippen LogP contribution in [0.5, 0.6) is 0 Å². The minimum Gasteiger partial charge on any atom is -0.309 e. The van der Waals surface area contributed by atoms with Gasteiger partial charge in [0.05, 0.1) is 4.88 Å². The molecule has 1 saturated heterocycles. The number of rotatable bonds is 6. The van der Waals surface area contributed by atoms with Gasteiger partial charge in [-0.25, -0.2) is 9.97 Å². The second kappa shape index (κ2) is 7.99. The Balaban J connectivity index is 1.62. The number of hydrogen-bond acceptors (Lipinski definition) is 5. The van der Waals surface area contributed by atoms with E-state index in [9.17, 15) is 0 Å². The molecule has 23 heavy (non-hydrogen) atoms. The van der Waals surface area contributed by atoms with Crippen molar-refractivity contribution in [3.05, 3.63) is 35.5 Å². The predicted octanol–water partition coefficient (Wildman–Crippen LogP) is 3.51. The summed E-state index contributed by atoms with van der Waals surface area (Å²) in [6.07, 6.45) is 9.25. The van der Waals surface area contributed by atoms with Crippen LogP contribution in [0.2, 0.25) is 0 Å². The lowest BCUT2D eigenvalue weighted by Gasteiger charge is -2.36. The summed E-state index contributed by atoms with van der Waals surface area (Å²) >= 11 is 1.69. The van der Waals surface area contributed by atoms with E-state index in [1.807, 2.05) is 18.5 Å². The van der Waals surface area contributed by atoms with E-state index in [1.54, 1.807) is 11.3 Å². The van der Waals surface area contributed by atoms with Crippen LogP contribution >= 0.6 is 11.3 Å². The topological polar surface area (TPSA) is 32.3 Å². The minimum absolute atomic E-state index is 0.697. The van der Waals surface area contributed by atoms with Crippen molar-refractivity contribution < 1.29 is 0 Å². The quantitative estimate of drug-likeness (QED) is 0.811. The van der Waals surface area contributed by atoms with Gasteiger partial charge in [0, 0.05) is 30.5 Å². The van der Waals surface area contributed by atoms with Gasteiger partial charge in [-0.05, 0) is 57.9 Å². The monoisotopic (exact) mass is 330 g/mol. The average Bonchev–Trinajstić information content (AvgIpc) is 3.09. The molecule has 0 amide bonds. The smallest absolute Gasteiger partial charge is 0.169 e. The molecule has 0 aliphatic carbocycles. The molecule has 1 aliphatic heterocycles. The van der Waals surface area contributed by atoms with Crippen molar-refractivity contribution in [2.75, 3.05) is 27.2 Å². The molecule has 1 unspecified atom stereocenters. The van der Waals surface area contributed by atoms with Crippen molar-refractivity contribution in [1.29, 1.82) is 0 Å². The van der Waals surface area contributed by atoms with Crippen LogP contribution in [0.25, 0.3) is 10.7 Å². The fraction of sp³-hybridized carbons (Fsp3) is 0.556. The number of likely N-dealkylation sites (tertiary alicyclic amines) is 1. The number of nitrogens with zero attached hydrogens (tertiary/aromatic N) is 4. The fourth-order valence-corrected chi connectivity index (χ4v) is 3.88. The summed E-state index contributed by atoms with van der Waals surface area (Å²) in [5.74, 6) is 0.839. The summed E-state index contributed by atoms with van der Waals surface area (Å²) in [6.45, 7) is 3.34. The van der Waals surface area contributed by atoms with E-state index in [0.717, 1.165) is 23.8 Å². The van der Waals surface area contributed by atoms with Gasteiger partial charge in [0.25, 0.3) is 0 Å². The Hall–Kier alpha value is -1.30. The summed E-state index contributed by atoms with van der Waals surface area (Å²) in [5.41, 5.74) is 1.22. The Bertz CT molecular complexity index is 580. The highest BCUT2D eigenvalue weighted by Crippen LogP contribution is 2.23. The SMILES string of the molecule is CN(C)CCC1CCCCN1Cc1cnc(-c2cccs2)nc1. The van der Waals surface area contributed by atoms with Crippen molar-refractivity contribution in [2.45, 2.75) is 38.3 Å². The summed E-state index contributed by atoms with van der Waals surface area (Å²) in [5, 5.41) is 2.07. The molecular formula is C18H26N4S. The Morgan fingerprint density at radius 2 is 2.09 bits per heavy atom. The lowest BCUT2D eigenvalue weighted by Crippen LogP contribution is -2.40. The fourth-order valence-electron chi connectivity index (χ4n) is 3.21. The molecule has 3 heterocycles. The maximum Gasteiger partial charge on any atom is 0.169 e. The summed E-state index contributed by atoms with van der Waals surface area (Å²) in [4.78, 5) is 15.1. The lowest BCUT2D eigenvalue weighted by molar-refractivity contribution is 0.124. The molecule has 3 rings (SSSR count). The van der Waals surface area contributed by atoms with E-state index in [4.69, 9.17) is 0 Å². The number of piperidine rings is 1. The Labute approximate surface area is 143 Å². The summed E-state index contributed by atoms with van der Waals surface area (Å²) < 4.78 is 0. The number of aromatic nitrogens is 2. The van der Waals surface area contributed by atoms with Crippen LogP contribution in [-0.4, -0.2) is 53.0 Å². The molecule has 0 aromatic carbocycles. The first-order chi connectivity index (χ1) is 11.2. The molecule has 0 spiro atoms. The van der Waals surface area contributed by atoms with Crippen LogP contribution in [-0.2, 0) is 6.54 Å². The normalized spacial score (nSPS) is 19.3. The average molecular weight is 331 g/mol. The van der Waals surface area contributed by atoms with Crippen LogP contribution in [0.15, 0.2) is 29.9 Å². The standard InChI is InChI=1S/C18H26N4S/c1-21(2)10-8-16-6-3-4-9-22(16)14-15-12-19-18(20-13-15)17-7-5-11-23-17/h5,7,11-13,16H,3-4,6,8-10,14H2,1-2H3. The largest absolute Gasteiger partial charge is 0.309 e. The first-order valence-corrected chi connectivity index (χ1v) is 9.34. The van der Waals surface area contributed by atoms with Gasteiger partial charge >= 0.3 is 0 Å². The zero-order chi connectivity index (χ0) is 16.1. The van der Waals surface area contributed by atoms with Crippen LogP contribution < -0.4 is 0 Å². The van der Waals surface area contributed by atoms with Gasteiger partial charge in [-0.2, -0.15) is 0 Å². The molecule has 2 aromatic rings. The Morgan fingerprint density at radius 3 is 2.78 bits per heavy atom. The Kier molecular flexibility index (Phi) is 5.75. The third-order valence-electron chi connectivity index (χ3n) is 4.49. The van der Waals surface area contributed by atoms with Crippen LogP contribution in [0.3, 0.4) is 0 Å². The molecule has 2 aromatic heterocycles. The zero-order valence-electron chi connectivity index (χ0n) is 14.1. The van der Waals surface area contributed by atoms with Gasteiger partial charge in [-0.15, -0.1) is 11.3 Å². The number of hydrogen-bond donors (Lipinski definition) is 0. The first kappa shape index (κ1) is 16.6. The minimum atomic E-state index is 0.697. The summed E-state index contributed by atoms with van der Waals surface area (Å²) in [7, 11) is 4.31. The van der Waals surface area contributed by atoms with E-state index in [0.29, 0.717) is 6.04 Å². The highest BCUT2D eigenvalue weighted by Gasteiger charge is 2.22. The third kappa shape index (κ3) is 4.59. The lowest BCUT2D eigenvalue weighted by atomic mass is 9.98. The molecule has 1 aliphatic rings. The van der Waals surface area contributed by atoms with E-state index in [1.165, 1.54) is 37.8 Å². The van der Waals surface area contributed by atoms with Gasteiger partial charge < -0.3 is 4.90 Å². The van der Waals surface area contributed by atoms with E-state index in [-0.39, 0.29) is 0 Å². The highest BCUT2D eigenvalue weighted by molar-refractivity contribution is 7.13. The Morgan fingerprint density at radius 1 is 1.26 bits per heavy atom. The van der Waals surface area contributed by atoms with E-state index < -0.39 is 0 Å². The molecule has 0 bridgehead atoms. The number of thiophene rings is 1.